The number of benzene rings is 2. The molecule has 0 aliphatic heterocycles. The van der Waals surface area contributed by atoms with Crippen LogP contribution in [-0.4, -0.2) is 0 Å². The maximum Gasteiger partial charge on any atom is 0.0265 e. The van der Waals surface area contributed by atoms with E-state index in [1.54, 1.807) is 0 Å². The highest BCUT2D eigenvalue weighted by molar-refractivity contribution is 9.11. The minimum Gasteiger partial charge on any atom is -0.0605 e. The molecule has 2 rings (SSSR count). The zero-order chi connectivity index (χ0) is 8.55. The fourth-order valence-corrected chi connectivity index (χ4v) is 2.58. The highest BCUT2D eigenvalue weighted by atomic mass is 79.9. The normalized spacial score (nSPS) is 10.5. The summed E-state index contributed by atoms with van der Waals surface area (Å²) in [6.07, 6.45) is 0. The van der Waals surface area contributed by atoms with Gasteiger partial charge >= 0.3 is 0 Å². The van der Waals surface area contributed by atoms with Gasteiger partial charge < -0.3 is 0 Å². The van der Waals surface area contributed by atoms with Gasteiger partial charge in [-0.15, -0.1) is 0 Å². The van der Waals surface area contributed by atoms with E-state index in [0.29, 0.717) is 0 Å². The highest BCUT2D eigenvalue weighted by Gasteiger charge is 2.00. The van der Waals surface area contributed by atoms with E-state index in [2.05, 4.69) is 37.9 Å². The van der Waals surface area contributed by atoms with Gasteiger partial charge in [-0.1, -0.05) is 50.1 Å². The monoisotopic (exact) mass is 283 g/mol. The zero-order valence-corrected chi connectivity index (χ0v) is 9.31. The molecule has 0 atom stereocenters. The van der Waals surface area contributed by atoms with E-state index in [-0.39, 0.29) is 0 Å². The molecule has 0 nitrogen and oxygen atoms in total. The van der Waals surface area contributed by atoms with Crippen LogP contribution in [0.2, 0.25) is 0 Å². The molecule has 0 N–H and O–H groups in total. The predicted molar refractivity (Wildman–Crippen MR) is 58.2 cm³/mol. The molecule has 0 bridgehead atoms. The molecule has 59 valence electrons. The smallest absolute Gasteiger partial charge is 0.0265 e. The summed E-state index contributed by atoms with van der Waals surface area (Å²) in [6.45, 7) is 0. The molecule has 0 spiro atoms. The Morgan fingerprint density at radius 2 is 1.75 bits per heavy atom. The van der Waals surface area contributed by atoms with Crippen molar-refractivity contribution in [2.45, 2.75) is 0 Å². The third kappa shape index (κ3) is 1.29. The largest absolute Gasteiger partial charge is 0.0605 e. The van der Waals surface area contributed by atoms with Crippen LogP contribution in [0.5, 0.6) is 0 Å². The molecule has 1 radical (unpaired) electrons. The molecule has 0 heterocycles. The Balaban J connectivity index is 2.96. The summed E-state index contributed by atoms with van der Waals surface area (Å²) < 4.78 is 2.20. The van der Waals surface area contributed by atoms with Gasteiger partial charge in [-0.25, -0.2) is 0 Å². The van der Waals surface area contributed by atoms with Gasteiger partial charge in [0, 0.05) is 14.3 Å². The Hall–Kier alpha value is -0.340. The Kier molecular flexibility index (Phi) is 2.20. The summed E-state index contributed by atoms with van der Waals surface area (Å²) in [6, 6.07) is 13.2. The van der Waals surface area contributed by atoms with Gasteiger partial charge in [-0.3, -0.25) is 0 Å². The predicted octanol–water partition coefficient (Wildman–Crippen LogP) is 4.16. The van der Waals surface area contributed by atoms with Gasteiger partial charge in [0.05, 0.1) is 0 Å². The number of rotatable bonds is 0. The quantitative estimate of drug-likeness (QED) is 0.681. The first kappa shape index (κ1) is 8.27. The number of hydrogen-bond acceptors (Lipinski definition) is 0. The van der Waals surface area contributed by atoms with Crippen molar-refractivity contribution in [1.29, 1.82) is 0 Å². The molecule has 0 saturated heterocycles. The van der Waals surface area contributed by atoms with Crippen molar-refractivity contribution in [2.24, 2.45) is 0 Å². The Labute approximate surface area is 87.8 Å². The van der Waals surface area contributed by atoms with Gasteiger partial charge in [0.2, 0.25) is 0 Å². The van der Waals surface area contributed by atoms with Crippen molar-refractivity contribution in [3.63, 3.8) is 0 Å². The molecule has 0 aliphatic carbocycles. The van der Waals surface area contributed by atoms with Crippen molar-refractivity contribution < 1.29 is 0 Å². The van der Waals surface area contributed by atoms with Crippen LogP contribution in [0.25, 0.3) is 10.8 Å². The zero-order valence-electron chi connectivity index (χ0n) is 6.14. The van der Waals surface area contributed by atoms with E-state index in [1.807, 2.05) is 30.3 Å². The Morgan fingerprint density at radius 1 is 1.00 bits per heavy atom. The van der Waals surface area contributed by atoms with Crippen LogP contribution < -0.4 is 0 Å². The summed E-state index contributed by atoms with van der Waals surface area (Å²) in [5.41, 5.74) is 0. The van der Waals surface area contributed by atoms with Crippen LogP contribution in [0.3, 0.4) is 0 Å². The van der Waals surface area contributed by atoms with Crippen LogP contribution in [0.4, 0.5) is 0 Å². The van der Waals surface area contributed by atoms with Gasteiger partial charge in [0.25, 0.3) is 0 Å². The topological polar surface area (TPSA) is 0 Å². The van der Waals surface area contributed by atoms with Crippen LogP contribution in [0, 0.1) is 6.07 Å². The molecule has 0 aromatic heterocycles. The average Bonchev–Trinajstić information content (AvgIpc) is 2.04. The van der Waals surface area contributed by atoms with Gasteiger partial charge in [0.1, 0.15) is 0 Å². The lowest BCUT2D eigenvalue weighted by Gasteiger charge is -2.01. The van der Waals surface area contributed by atoms with Crippen molar-refractivity contribution >= 4 is 42.6 Å². The molecule has 2 aromatic rings. The minimum atomic E-state index is 1.10. The summed E-state index contributed by atoms with van der Waals surface area (Å²) in [7, 11) is 0. The first-order chi connectivity index (χ1) is 5.79. The van der Waals surface area contributed by atoms with Gasteiger partial charge in [0.15, 0.2) is 0 Å². The maximum atomic E-state index is 3.50. The van der Waals surface area contributed by atoms with Crippen LogP contribution >= 0.6 is 31.9 Å². The first-order valence-corrected chi connectivity index (χ1v) is 5.12. The number of hydrogen-bond donors (Lipinski definition) is 0. The summed E-state index contributed by atoms with van der Waals surface area (Å²) >= 11 is 7.00. The standard InChI is InChI=1S/C10H5Br2/c11-8-5-1-3-7-4-2-6-9(12)10(7)8/h1-3,5-6H. The molecular weight excluding hydrogens is 280 g/mol. The fraction of sp³-hybridized carbons (Fsp3) is 0. The number of halogens is 2. The van der Waals surface area contributed by atoms with E-state index in [9.17, 15) is 0 Å². The van der Waals surface area contributed by atoms with Gasteiger partial charge in [-0.2, -0.15) is 0 Å². The van der Waals surface area contributed by atoms with Crippen molar-refractivity contribution in [2.75, 3.05) is 0 Å². The van der Waals surface area contributed by atoms with Gasteiger partial charge in [-0.05, 0) is 23.6 Å². The SMILES string of the molecule is Brc1cc[c]c2cccc(Br)c12. The average molecular weight is 285 g/mol. The molecule has 0 saturated carbocycles. The molecule has 2 aromatic carbocycles. The Morgan fingerprint density at radius 3 is 2.50 bits per heavy atom. The molecular formula is C10H5Br2. The second-order valence-corrected chi connectivity index (χ2v) is 4.20. The van der Waals surface area contributed by atoms with Crippen molar-refractivity contribution in [1.82, 2.24) is 0 Å². The third-order valence-corrected chi connectivity index (χ3v) is 3.04. The van der Waals surface area contributed by atoms with E-state index in [4.69, 9.17) is 0 Å². The lowest BCUT2D eigenvalue weighted by atomic mass is 10.1. The summed E-state index contributed by atoms with van der Waals surface area (Å²) in [5.74, 6) is 0. The first-order valence-electron chi connectivity index (χ1n) is 3.53. The maximum absolute atomic E-state index is 3.50. The number of fused-ring (bicyclic) bond motifs is 1. The van der Waals surface area contributed by atoms with Crippen LogP contribution in [-0.2, 0) is 0 Å². The fourth-order valence-electron chi connectivity index (χ4n) is 1.18. The minimum absolute atomic E-state index is 1.10. The molecule has 0 fully saturated rings. The molecule has 0 amide bonds. The third-order valence-electron chi connectivity index (χ3n) is 1.72. The molecule has 2 heteroatoms. The Bertz CT molecular complexity index is 384. The van der Waals surface area contributed by atoms with E-state index < -0.39 is 0 Å². The lowest BCUT2D eigenvalue weighted by Crippen LogP contribution is -1.75. The molecule has 0 aliphatic rings. The molecule has 0 unspecified atom stereocenters. The highest BCUT2D eigenvalue weighted by Crippen LogP contribution is 2.29. The second-order valence-electron chi connectivity index (χ2n) is 2.49. The van der Waals surface area contributed by atoms with Crippen LogP contribution in [0.1, 0.15) is 0 Å². The summed E-state index contributed by atoms with van der Waals surface area (Å²) in [4.78, 5) is 0. The van der Waals surface area contributed by atoms with E-state index >= 15 is 0 Å². The second kappa shape index (κ2) is 3.19. The van der Waals surface area contributed by atoms with E-state index in [1.165, 1.54) is 5.39 Å². The van der Waals surface area contributed by atoms with E-state index in [0.717, 1.165) is 14.3 Å². The lowest BCUT2D eigenvalue weighted by molar-refractivity contribution is 1.67. The summed E-state index contributed by atoms with van der Waals surface area (Å²) in [5, 5.41) is 2.30. The van der Waals surface area contributed by atoms with Crippen LogP contribution in [0.15, 0.2) is 39.3 Å². The van der Waals surface area contributed by atoms with Crippen molar-refractivity contribution in [3.05, 3.63) is 45.3 Å². The van der Waals surface area contributed by atoms with Crippen molar-refractivity contribution in [3.8, 4) is 0 Å². The molecule has 12 heavy (non-hydrogen) atoms.